The second-order valence-corrected chi connectivity index (χ2v) is 5.37. The second kappa shape index (κ2) is 6.83. The van der Waals surface area contributed by atoms with E-state index in [1.54, 1.807) is 24.3 Å². The molecule has 2 amide bonds. The number of carbonyl (C=O) groups excluding carboxylic acids is 2. The molecule has 0 aliphatic carbocycles. The second-order valence-electron chi connectivity index (χ2n) is 5.37. The summed E-state index contributed by atoms with van der Waals surface area (Å²) in [4.78, 5) is 25.8. The number of nitrogens with zero attached hydrogens (tertiary/aromatic N) is 1. The van der Waals surface area contributed by atoms with E-state index in [0.717, 1.165) is 11.3 Å². The lowest BCUT2D eigenvalue weighted by atomic mass is 10.2. The lowest BCUT2D eigenvalue weighted by Crippen LogP contribution is -2.29. The number of rotatable bonds is 3. The van der Waals surface area contributed by atoms with Gasteiger partial charge in [-0.15, -0.1) is 0 Å². The van der Waals surface area contributed by atoms with Crippen LogP contribution in [0.4, 0.5) is 17.1 Å². The molecule has 0 bridgehead atoms. The van der Waals surface area contributed by atoms with Crippen LogP contribution in [0.5, 0.6) is 5.75 Å². The van der Waals surface area contributed by atoms with Crippen LogP contribution in [0.2, 0.25) is 0 Å². The minimum absolute atomic E-state index is 0.0907. The first-order chi connectivity index (χ1) is 10.9. The number of aryl methyl sites for hydroxylation is 1. The molecule has 6 nitrogen and oxygen atoms in total. The zero-order valence-corrected chi connectivity index (χ0v) is 13.3. The van der Waals surface area contributed by atoms with E-state index in [4.69, 9.17) is 0 Å². The molecule has 2 aromatic carbocycles. The summed E-state index contributed by atoms with van der Waals surface area (Å²) < 4.78 is 0. The Morgan fingerprint density at radius 2 is 1.57 bits per heavy atom. The zero-order valence-electron chi connectivity index (χ0n) is 13.3. The van der Waals surface area contributed by atoms with Crippen molar-refractivity contribution in [1.29, 1.82) is 0 Å². The Hall–Kier alpha value is -3.02. The number of hydrogen-bond acceptors (Lipinski definition) is 4. The van der Waals surface area contributed by atoms with Gasteiger partial charge in [-0.05, 0) is 48.9 Å². The van der Waals surface area contributed by atoms with Crippen LogP contribution in [0.25, 0.3) is 0 Å². The van der Waals surface area contributed by atoms with E-state index in [1.807, 2.05) is 38.1 Å². The summed E-state index contributed by atoms with van der Waals surface area (Å²) in [6, 6.07) is 11.8. The Morgan fingerprint density at radius 1 is 0.957 bits per heavy atom. The van der Waals surface area contributed by atoms with Crippen molar-refractivity contribution in [3.63, 3.8) is 0 Å². The number of anilines is 3. The Bertz CT molecular complexity index is 724. The standard InChI is InChI=1S/C17H19N3O3/c1-11-4-9-15(21)14(10-11)19-17(23)16(22)18-12-5-7-13(8-6-12)20(2)3/h4-10,21H,1-3H3,(H,18,22)(H,19,23). The van der Waals surface area contributed by atoms with Crippen LogP contribution in [0, 0.1) is 6.92 Å². The van der Waals surface area contributed by atoms with Crippen LogP contribution in [-0.2, 0) is 9.59 Å². The molecule has 0 aliphatic rings. The SMILES string of the molecule is Cc1ccc(O)c(NC(=O)C(=O)Nc2ccc(N(C)C)cc2)c1. The molecule has 0 fully saturated rings. The van der Waals surface area contributed by atoms with Crippen LogP contribution in [0.3, 0.4) is 0 Å². The molecule has 2 rings (SSSR count). The number of aromatic hydroxyl groups is 1. The highest BCUT2D eigenvalue weighted by molar-refractivity contribution is 6.43. The molecular weight excluding hydrogens is 294 g/mol. The topological polar surface area (TPSA) is 81.7 Å². The first-order valence-electron chi connectivity index (χ1n) is 7.06. The van der Waals surface area contributed by atoms with E-state index < -0.39 is 11.8 Å². The molecule has 0 saturated carbocycles. The predicted molar refractivity (Wildman–Crippen MR) is 90.9 cm³/mol. The largest absolute Gasteiger partial charge is 0.506 e. The summed E-state index contributed by atoms with van der Waals surface area (Å²) in [5, 5.41) is 14.6. The van der Waals surface area contributed by atoms with Gasteiger partial charge in [0.2, 0.25) is 0 Å². The Morgan fingerprint density at radius 3 is 2.17 bits per heavy atom. The Labute approximate surface area is 134 Å². The smallest absolute Gasteiger partial charge is 0.314 e. The van der Waals surface area contributed by atoms with Gasteiger partial charge in [0, 0.05) is 25.5 Å². The van der Waals surface area contributed by atoms with Gasteiger partial charge in [0.15, 0.2) is 0 Å². The van der Waals surface area contributed by atoms with Crippen LogP contribution in [0.1, 0.15) is 5.56 Å². The lowest BCUT2D eigenvalue weighted by molar-refractivity contribution is -0.133. The summed E-state index contributed by atoms with van der Waals surface area (Å²) in [7, 11) is 3.82. The van der Waals surface area contributed by atoms with Crippen molar-refractivity contribution in [2.45, 2.75) is 6.92 Å². The summed E-state index contributed by atoms with van der Waals surface area (Å²) in [6.07, 6.45) is 0. The van der Waals surface area contributed by atoms with Crippen molar-refractivity contribution in [2.75, 3.05) is 29.6 Å². The zero-order chi connectivity index (χ0) is 17.0. The number of benzene rings is 2. The minimum Gasteiger partial charge on any atom is -0.506 e. The number of phenolic OH excluding ortho intramolecular Hbond substituents is 1. The molecule has 0 unspecified atom stereocenters. The van der Waals surface area contributed by atoms with E-state index in [1.165, 1.54) is 6.07 Å². The average molecular weight is 313 g/mol. The fraction of sp³-hybridized carbons (Fsp3) is 0.176. The third-order valence-electron chi connectivity index (χ3n) is 3.25. The van der Waals surface area contributed by atoms with Crippen molar-refractivity contribution in [3.05, 3.63) is 48.0 Å². The van der Waals surface area contributed by atoms with Gasteiger partial charge in [0.05, 0.1) is 5.69 Å². The highest BCUT2D eigenvalue weighted by atomic mass is 16.3. The van der Waals surface area contributed by atoms with Gasteiger partial charge in [0.25, 0.3) is 0 Å². The molecule has 0 aromatic heterocycles. The predicted octanol–water partition coefficient (Wildman–Crippen LogP) is 2.34. The maximum absolute atomic E-state index is 11.9. The molecule has 23 heavy (non-hydrogen) atoms. The summed E-state index contributed by atoms with van der Waals surface area (Å²) >= 11 is 0. The van der Waals surface area contributed by atoms with Gasteiger partial charge in [-0.3, -0.25) is 9.59 Å². The highest BCUT2D eigenvalue weighted by Gasteiger charge is 2.15. The molecular formula is C17H19N3O3. The highest BCUT2D eigenvalue weighted by Crippen LogP contribution is 2.23. The van der Waals surface area contributed by atoms with Crippen molar-refractivity contribution in [1.82, 2.24) is 0 Å². The number of carbonyl (C=O) groups is 2. The van der Waals surface area contributed by atoms with Crippen LogP contribution >= 0.6 is 0 Å². The van der Waals surface area contributed by atoms with E-state index in [2.05, 4.69) is 10.6 Å². The maximum Gasteiger partial charge on any atom is 0.314 e. The maximum atomic E-state index is 11.9. The van der Waals surface area contributed by atoms with Crippen molar-refractivity contribution < 1.29 is 14.7 Å². The van der Waals surface area contributed by atoms with E-state index in [0.29, 0.717) is 5.69 Å². The lowest BCUT2D eigenvalue weighted by Gasteiger charge is -2.13. The molecule has 0 saturated heterocycles. The summed E-state index contributed by atoms with van der Waals surface area (Å²) in [6.45, 7) is 1.82. The van der Waals surface area contributed by atoms with Crippen molar-refractivity contribution in [2.24, 2.45) is 0 Å². The third kappa shape index (κ3) is 4.23. The van der Waals surface area contributed by atoms with E-state index in [9.17, 15) is 14.7 Å². The fourth-order valence-electron chi connectivity index (χ4n) is 1.96. The summed E-state index contributed by atoms with van der Waals surface area (Å²) in [5.74, 6) is -1.74. The molecule has 0 atom stereocenters. The minimum atomic E-state index is -0.845. The van der Waals surface area contributed by atoms with E-state index in [-0.39, 0.29) is 11.4 Å². The molecule has 3 N–H and O–H groups in total. The average Bonchev–Trinajstić information content (AvgIpc) is 2.51. The summed E-state index contributed by atoms with van der Waals surface area (Å²) in [5.41, 5.74) is 2.56. The van der Waals surface area contributed by atoms with Crippen molar-refractivity contribution in [3.8, 4) is 5.75 Å². The molecule has 0 spiro atoms. The van der Waals surface area contributed by atoms with Crippen molar-refractivity contribution >= 4 is 28.9 Å². The van der Waals surface area contributed by atoms with Crippen LogP contribution < -0.4 is 15.5 Å². The fourth-order valence-corrected chi connectivity index (χ4v) is 1.96. The number of amides is 2. The normalized spacial score (nSPS) is 10.0. The Balaban J connectivity index is 2.02. The number of hydrogen-bond donors (Lipinski definition) is 3. The van der Waals surface area contributed by atoms with Gasteiger partial charge in [-0.2, -0.15) is 0 Å². The molecule has 6 heteroatoms. The van der Waals surface area contributed by atoms with Crippen LogP contribution in [-0.4, -0.2) is 31.0 Å². The molecule has 2 aromatic rings. The monoisotopic (exact) mass is 313 g/mol. The number of phenols is 1. The van der Waals surface area contributed by atoms with Crippen LogP contribution in [0.15, 0.2) is 42.5 Å². The molecule has 0 heterocycles. The van der Waals surface area contributed by atoms with E-state index >= 15 is 0 Å². The Kier molecular flexibility index (Phi) is 4.85. The van der Waals surface area contributed by atoms with Gasteiger partial charge in [-0.25, -0.2) is 0 Å². The van der Waals surface area contributed by atoms with Gasteiger partial charge in [0.1, 0.15) is 5.75 Å². The molecule has 120 valence electrons. The number of nitrogens with one attached hydrogen (secondary N) is 2. The molecule has 0 aliphatic heterocycles. The van der Waals surface area contributed by atoms with Gasteiger partial charge < -0.3 is 20.6 Å². The van der Waals surface area contributed by atoms with Gasteiger partial charge >= 0.3 is 11.8 Å². The first kappa shape index (κ1) is 16.4. The van der Waals surface area contributed by atoms with Gasteiger partial charge in [-0.1, -0.05) is 6.07 Å². The quantitative estimate of drug-likeness (QED) is 0.600. The third-order valence-corrected chi connectivity index (χ3v) is 3.25. The first-order valence-corrected chi connectivity index (χ1v) is 7.06. The molecule has 0 radical (unpaired) electrons.